The number of hydrogen-bond acceptors (Lipinski definition) is 3. The van der Waals surface area contributed by atoms with Crippen molar-refractivity contribution in [3.63, 3.8) is 0 Å². The highest BCUT2D eigenvalue weighted by Crippen LogP contribution is 2.11. The van der Waals surface area contributed by atoms with Gasteiger partial charge in [-0.05, 0) is 5.56 Å². The molecule has 2 aromatic heterocycles. The standard InChI is InChI=1S/C13H12N4/c1-2-4-11(5-3-1)8-15-13-10-16-12-9-14-6-7-17(12)13/h1-7,9-10,15H,8H2. The number of anilines is 1. The molecule has 17 heavy (non-hydrogen) atoms. The van der Waals surface area contributed by atoms with Crippen molar-refractivity contribution in [2.24, 2.45) is 0 Å². The van der Waals surface area contributed by atoms with Gasteiger partial charge in [-0.15, -0.1) is 0 Å². The van der Waals surface area contributed by atoms with E-state index < -0.39 is 0 Å². The van der Waals surface area contributed by atoms with Gasteiger partial charge in [0, 0.05) is 18.9 Å². The Balaban J connectivity index is 1.82. The van der Waals surface area contributed by atoms with E-state index in [0.717, 1.165) is 18.0 Å². The van der Waals surface area contributed by atoms with Crippen LogP contribution in [-0.2, 0) is 6.54 Å². The molecule has 3 aromatic rings. The first kappa shape index (κ1) is 9.84. The van der Waals surface area contributed by atoms with Gasteiger partial charge in [0.25, 0.3) is 0 Å². The summed E-state index contributed by atoms with van der Waals surface area (Å²) < 4.78 is 1.98. The number of nitrogens with zero attached hydrogens (tertiary/aromatic N) is 3. The molecule has 0 unspecified atom stereocenters. The Morgan fingerprint density at radius 3 is 2.88 bits per heavy atom. The lowest BCUT2D eigenvalue weighted by Crippen LogP contribution is -2.01. The number of hydrogen-bond donors (Lipinski definition) is 1. The van der Waals surface area contributed by atoms with Crippen molar-refractivity contribution in [2.75, 3.05) is 5.32 Å². The zero-order valence-electron chi connectivity index (χ0n) is 9.24. The van der Waals surface area contributed by atoms with Gasteiger partial charge < -0.3 is 5.32 Å². The second kappa shape index (κ2) is 4.25. The molecule has 4 nitrogen and oxygen atoms in total. The average molecular weight is 224 g/mol. The minimum absolute atomic E-state index is 0.789. The van der Waals surface area contributed by atoms with Crippen molar-refractivity contribution < 1.29 is 0 Å². The predicted octanol–water partition coefficient (Wildman–Crippen LogP) is 2.34. The van der Waals surface area contributed by atoms with Crippen molar-refractivity contribution in [2.45, 2.75) is 6.54 Å². The van der Waals surface area contributed by atoms with Crippen molar-refractivity contribution in [3.8, 4) is 0 Å². The molecule has 0 fully saturated rings. The summed E-state index contributed by atoms with van der Waals surface area (Å²) in [7, 11) is 0. The van der Waals surface area contributed by atoms with E-state index >= 15 is 0 Å². The van der Waals surface area contributed by atoms with Crippen molar-refractivity contribution >= 4 is 11.5 Å². The van der Waals surface area contributed by atoms with Gasteiger partial charge in [0.05, 0.1) is 12.4 Å². The van der Waals surface area contributed by atoms with Crippen LogP contribution < -0.4 is 5.32 Å². The summed E-state index contributed by atoms with van der Waals surface area (Å²) in [6, 6.07) is 10.3. The Morgan fingerprint density at radius 1 is 1.12 bits per heavy atom. The zero-order valence-corrected chi connectivity index (χ0v) is 9.24. The van der Waals surface area contributed by atoms with Gasteiger partial charge in [0.1, 0.15) is 5.82 Å². The van der Waals surface area contributed by atoms with E-state index in [0.29, 0.717) is 0 Å². The Morgan fingerprint density at radius 2 is 2.00 bits per heavy atom. The van der Waals surface area contributed by atoms with Gasteiger partial charge in [-0.1, -0.05) is 30.3 Å². The first-order chi connectivity index (χ1) is 8.43. The number of benzene rings is 1. The Kier molecular flexibility index (Phi) is 2.46. The Hall–Kier alpha value is -2.36. The van der Waals surface area contributed by atoms with Crippen molar-refractivity contribution in [1.82, 2.24) is 14.4 Å². The van der Waals surface area contributed by atoms with Gasteiger partial charge in [0.15, 0.2) is 5.65 Å². The number of fused-ring (bicyclic) bond motifs is 1. The van der Waals surface area contributed by atoms with Crippen LogP contribution >= 0.6 is 0 Å². The third-order valence-corrected chi connectivity index (χ3v) is 2.63. The lowest BCUT2D eigenvalue weighted by atomic mass is 10.2. The maximum atomic E-state index is 4.27. The molecule has 0 spiro atoms. The molecule has 1 aromatic carbocycles. The minimum Gasteiger partial charge on any atom is -0.366 e. The second-order valence-corrected chi connectivity index (χ2v) is 3.79. The molecule has 84 valence electrons. The molecule has 0 aliphatic heterocycles. The van der Waals surface area contributed by atoms with Crippen LogP contribution in [-0.4, -0.2) is 14.4 Å². The van der Waals surface area contributed by atoms with Crippen LogP contribution in [0.5, 0.6) is 0 Å². The average Bonchev–Trinajstić information content (AvgIpc) is 2.81. The van der Waals surface area contributed by atoms with E-state index in [1.165, 1.54) is 5.56 Å². The molecule has 0 amide bonds. The lowest BCUT2D eigenvalue weighted by molar-refractivity contribution is 1.07. The zero-order chi connectivity index (χ0) is 11.5. The van der Waals surface area contributed by atoms with Gasteiger partial charge in [-0.3, -0.25) is 9.38 Å². The number of nitrogens with one attached hydrogen (secondary N) is 1. The van der Waals surface area contributed by atoms with Crippen LogP contribution in [0.15, 0.2) is 55.1 Å². The normalized spacial score (nSPS) is 10.6. The predicted molar refractivity (Wildman–Crippen MR) is 66.8 cm³/mol. The van der Waals surface area contributed by atoms with Gasteiger partial charge in [0.2, 0.25) is 0 Å². The van der Waals surface area contributed by atoms with Gasteiger partial charge in [-0.2, -0.15) is 0 Å². The smallest absolute Gasteiger partial charge is 0.156 e. The molecule has 0 aliphatic rings. The molecule has 0 bridgehead atoms. The fraction of sp³-hybridized carbons (Fsp3) is 0.0769. The van der Waals surface area contributed by atoms with Crippen LogP contribution in [0.3, 0.4) is 0 Å². The quantitative estimate of drug-likeness (QED) is 0.742. The number of rotatable bonds is 3. The summed E-state index contributed by atoms with van der Waals surface area (Å²) in [4.78, 5) is 8.30. The van der Waals surface area contributed by atoms with E-state index in [1.807, 2.05) is 35.0 Å². The van der Waals surface area contributed by atoms with Crippen LogP contribution in [0.25, 0.3) is 5.65 Å². The summed E-state index contributed by atoms with van der Waals surface area (Å²) in [6.45, 7) is 0.789. The van der Waals surface area contributed by atoms with E-state index in [9.17, 15) is 0 Å². The highest BCUT2D eigenvalue weighted by molar-refractivity contribution is 5.48. The molecule has 0 saturated heterocycles. The third-order valence-electron chi connectivity index (χ3n) is 2.63. The van der Waals surface area contributed by atoms with Crippen molar-refractivity contribution in [3.05, 3.63) is 60.7 Å². The van der Waals surface area contributed by atoms with E-state index in [1.54, 1.807) is 12.4 Å². The van der Waals surface area contributed by atoms with E-state index in [4.69, 9.17) is 0 Å². The fourth-order valence-electron chi connectivity index (χ4n) is 1.76. The highest BCUT2D eigenvalue weighted by Gasteiger charge is 2.01. The molecular formula is C13H12N4. The van der Waals surface area contributed by atoms with Crippen LogP contribution in [0.4, 0.5) is 5.82 Å². The lowest BCUT2D eigenvalue weighted by Gasteiger charge is -2.05. The maximum Gasteiger partial charge on any atom is 0.156 e. The first-order valence-electron chi connectivity index (χ1n) is 5.48. The molecule has 3 rings (SSSR count). The molecular weight excluding hydrogens is 212 g/mol. The summed E-state index contributed by atoms with van der Waals surface area (Å²) >= 11 is 0. The molecule has 0 saturated carbocycles. The number of imidazole rings is 1. The van der Waals surface area contributed by atoms with E-state index in [2.05, 4.69) is 27.4 Å². The topological polar surface area (TPSA) is 42.2 Å². The molecule has 0 atom stereocenters. The van der Waals surface area contributed by atoms with Gasteiger partial charge >= 0.3 is 0 Å². The summed E-state index contributed by atoms with van der Waals surface area (Å²) in [5.74, 6) is 0.978. The largest absolute Gasteiger partial charge is 0.366 e. The Bertz CT molecular complexity index is 615. The first-order valence-corrected chi connectivity index (χ1v) is 5.48. The van der Waals surface area contributed by atoms with Gasteiger partial charge in [-0.25, -0.2) is 4.98 Å². The molecule has 4 heteroatoms. The second-order valence-electron chi connectivity index (χ2n) is 3.79. The SMILES string of the molecule is c1ccc(CNc2cnc3cnccn23)cc1. The third kappa shape index (κ3) is 1.97. The minimum atomic E-state index is 0.789. The summed E-state index contributed by atoms with van der Waals surface area (Å²) in [5, 5.41) is 3.36. The van der Waals surface area contributed by atoms with Crippen molar-refractivity contribution in [1.29, 1.82) is 0 Å². The number of aromatic nitrogens is 3. The summed E-state index contributed by atoms with van der Waals surface area (Å²) in [5.41, 5.74) is 2.10. The molecule has 1 N–H and O–H groups in total. The van der Waals surface area contributed by atoms with Crippen LogP contribution in [0.1, 0.15) is 5.56 Å². The highest BCUT2D eigenvalue weighted by atomic mass is 15.1. The maximum absolute atomic E-state index is 4.27. The molecule has 2 heterocycles. The van der Waals surface area contributed by atoms with Crippen LogP contribution in [0, 0.1) is 0 Å². The van der Waals surface area contributed by atoms with Crippen LogP contribution in [0.2, 0.25) is 0 Å². The summed E-state index contributed by atoms with van der Waals surface area (Å²) in [6.07, 6.45) is 7.21. The molecule has 0 radical (unpaired) electrons. The monoisotopic (exact) mass is 224 g/mol. The Labute approximate surface area is 99.0 Å². The van der Waals surface area contributed by atoms with E-state index in [-0.39, 0.29) is 0 Å². The fourth-order valence-corrected chi connectivity index (χ4v) is 1.76. The molecule has 0 aliphatic carbocycles.